The van der Waals surface area contributed by atoms with E-state index >= 15 is 0 Å². The van der Waals surface area contributed by atoms with Crippen molar-refractivity contribution >= 4 is 19.5 Å². The standard InChI is InChI=1S/C25H32N5O9P/c1-15(2)35-22(31)16(3)29-40(33,39-17-9-7-6-8-10-17)34-13-18-20-21(38-24(4,5)37-20)25(14-26,36-18)30-12-11-19(27)28-23(30)32/h6-12,15-16,18,20-21H,13H2,1-5H3,(H,29,33)(H2,27,28,32)/t16-,18+,20+,21+,25+,40?/m0/s1. The number of anilines is 1. The highest BCUT2D eigenvalue weighted by atomic mass is 31.2. The Balaban J connectivity index is 1.62. The molecular weight excluding hydrogens is 545 g/mol. The van der Waals surface area contributed by atoms with E-state index in [1.165, 1.54) is 19.2 Å². The maximum atomic E-state index is 13.9. The van der Waals surface area contributed by atoms with E-state index in [2.05, 4.69) is 10.1 Å². The minimum absolute atomic E-state index is 0.0390. The summed E-state index contributed by atoms with van der Waals surface area (Å²) in [6.07, 6.45) is -2.21. The van der Waals surface area contributed by atoms with E-state index in [-0.39, 0.29) is 11.6 Å². The largest absolute Gasteiger partial charge is 0.462 e. The number of nitrogens with zero attached hydrogens (tertiary/aromatic N) is 3. The first kappa shape index (κ1) is 29.7. The number of carbonyl (C=O) groups is 1. The smallest absolute Gasteiger partial charge is 0.459 e. The first-order valence-electron chi connectivity index (χ1n) is 12.6. The molecule has 1 aromatic heterocycles. The van der Waals surface area contributed by atoms with Gasteiger partial charge in [0.2, 0.25) is 0 Å². The van der Waals surface area contributed by atoms with Crippen LogP contribution in [-0.4, -0.2) is 58.4 Å². The number of nitrogens with one attached hydrogen (secondary N) is 1. The van der Waals surface area contributed by atoms with Gasteiger partial charge in [-0.1, -0.05) is 18.2 Å². The Bertz CT molecular complexity index is 1380. The van der Waals surface area contributed by atoms with E-state index in [1.54, 1.807) is 58.0 Å². The van der Waals surface area contributed by atoms with E-state index in [0.717, 1.165) is 4.57 Å². The Kier molecular flexibility index (Phi) is 8.37. The van der Waals surface area contributed by atoms with Crippen LogP contribution >= 0.6 is 7.75 Å². The highest BCUT2D eigenvalue weighted by Gasteiger charge is 2.65. The summed E-state index contributed by atoms with van der Waals surface area (Å²) in [5.74, 6) is -1.65. The number of hydrogen-bond donors (Lipinski definition) is 2. The molecule has 2 aromatic rings. The van der Waals surface area contributed by atoms with Gasteiger partial charge in [-0.05, 0) is 52.8 Å². The molecule has 2 aliphatic heterocycles. The van der Waals surface area contributed by atoms with Crippen molar-refractivity contribution in [2.24, 2.45) is 0 Å². The van der Waals surface area contributed by atoms with E-state index < -0.39 is 68.0 Å². The first-order valence-corrected chi connectivity index (χ1v) is 14.1. The minimum atomic E-state index is -4.26. The van der Waals surface area contributed by atoms with Crippen molar-refractivity contribution in [3.05, 3.63) is 53.1 Å². The quantitative estimate of drug-likeness (QED) is 0.309. The van der Waals surface area contributed by atoms with E-state index in [0.29, 0.717) is 0 Å². The van der Waals surface area contributed by atoms with Crippen molar-refractivity contribution in [1.29, 1.82) is 5.26 Å². The number of para-hydroxylation sites is 1. The summed E-state index contributed by atoms with van der Waals surface area (Å²) in [5.41, 5.74) is 2.78. The third-order valence-corrected chi connectivity index (χ3v) is 7.63. The van der Waals surface area contributed by atoms with E-state index in [1.807, 2.05) is 6.07 Å². The predicted molar refractivity (Wildman–Crippen MR) is 140 cm³/mol. The molecule has 1 unspecified atom stereocenters. The summed E-state index contributed by atoms with van der Waals surface area (Å²) < 4.78 is 49.6. The molecule has 0 amide bonds. The maximum Gasteiger partial charge on any atom is 0.459 e. The van der Waals surface area contributed by atoms with Gasteiger partial charge in [0.1, 0.15) is 35.9 Å². The number of rotatable bonds is 10. The Morgan fingerprint density at radius 2 is 1.93 bits per heavy atom. The Labute approximate surface area is 230 Å². The first-order chi connectivity index (χ1) is 18.8. The van der Waals surface area contributed by atoms with Gasteiger partial charge in [0.25, 0.3) is 5.72 Å². The molecular formula is C25H32N5O9P. The number of carbonyl (C=O) groups excluding carboxylic acids is 1. The molecule has 0 bridgehead atoms. The number of nitrogens with two attached hydrogens (primary N) is 1. The van der Waals surface area contributed by atoms with Gasteiger partial charge in [-0.15, -0.1) is 0 Å². The van der Waals surface area contributed by atoms with Crippen molar-refractivity contribution in [2.75, 3.05) is 12.3 Å². The fourth-order valence-electron chi connectivity index (χ4n) is 4.37. The summed E-state index contributed by atoms with van der Waals surface area (Å²) >= 11 is 0. The Morgan fingerprint density at radius 1 is 1.23 bits per heavy atom. The van der Waals surface area contributed by atoms with E-state index in [9.17, 15) is 19.4 Å². The lowest BCUT2D eigenvalue weighted by atomic mass is 10.0. The lowest BCUT2D eigenvalue weighted by molar-refractivity contribution is -0.218. The molecule has 0 radical (unpaired) electrons. The lowest BCUT2D eigenvalue weighted by Crippen LogP contribution is -2.49. The average Bonchev–Trinajstić information content (AvgIpc) is 3.34. The second-order valence-corrected chi connectivity index (χ2v) is 11.7. The van der Waals surface area contributed by atoms with Crippen LogP contribution in [0.3, 0.4) is 0 Å². The average molecular weight is 578 g/mol. The fourth-order valence-corrected chi connectivity index (χ4v) is 5.87. The Hall–Kier alpha value is -3.31. The van der Waals surface area contributed by atoms with Gasteiger partial charge in [0.15, 0.2) is 11.9 Å². The van der Waals surface area contributed by atoms with Crippen LogP contribution in [0.1, 0.15) is 34.6 Å². The van der Waals surface area contributed by atoms with Gasteiger partial charge >= 0.3 is 19.4 Å². The molecule has 2 aliphatic rings. The van der Waals surface area contributed by atoms with E-state index in [4.69, 9.17) is 33.7 Å². The molecule has 0 aliphatic carbocycles. The number of hydrogen-bond acceptors (Lipinski definition) is 12. The van der Waals surface area contributed by atoms with Crippen LogP contribution in [0.15, 0.2) is 47.4 Å². The molecule has 15 heteroatoms. The molecule has 2 saturated heterocycles. The van der Waals surface area contributed by atoms with Gasteiger partial charge in [-0.2, -0.15) is 15.3 Å². The number of aromatic nitrogens is 2. The third-order valence-electron chi connectivity index (χ3n) is 5.99. The second-order valence-electron chi connectivity index (χ2n) is 10.0. The summed E-state index contributed by atoms with van der Waals surface area (Å²) in [4.78, 5) is 28.9. The van der Waals surface area contributed by atoms with Crippen molar-refractivity contribution < 1.29 is 37.4 Å². The van der Waals surface area contributed by atoms with Gasteiger partial charge in [-0.3, -0.25) is 13.9 Å². The summed E-state index contributed by atoms with van der Waals surface area (Å²) in [5, 5.41) is 12.9. The van der Waals surface area contributed by atoms with Crippen molar-refractivity contribution in [2.45, 2.75) is 76.6 Å². The zero-order valence-electron chi connectivity index (χ0n) is 22.7. The summed E-state index contributed by atoms with van der Waals surface area (Å²) in [6.45, 7) is 7.66. The molecule has 0 saturated carbocycles. The third kappa shape index (κ3) is 6.20. The second kappa shape index (κ2) is 11.3. The molecule has 3 N–H and O–H groups in total. The zero-order chi connectivity index (χ0) is 29.3. The normalized spacial score (nSPS) is 27.4. The Morgan fingerprint density at radius 3 is 2.55 bits per heavy atom. The molecule has 2 fully saturated rings. The van der Waals surface area contributed by atoms with Gasteiger partial charge < -0.3 is 29.2 Å². The van der Waals surface area contributed by atoms with Crippen LogP contribution in [0, 0.1) is 11.3 Å². The molecule has 1 aromatic carbocycles. The maximum absolute atomic E-state index is 13.9. The van der Waals surface area contributed by atoms with Crippen LogP contribution in [0.25, 0.3) is 0 Å². The lowest BCUT2D eigenvalue weighted by Gasteiger charge is -2.30. The fraction of sp³-hybridized carbons (Fsp3) is 0.520. The van der Waals surface area contributed by atoms with Crippen LogP contribution in [0.5, 0.6) is 5.75 Å². The van der Waals surface area contributed by atoms with Crippen molar-refractivity contribution in [3.63, 3.8) is 0 Å². The molecule has 14 nitrogen and oxygen atoms in total. The van der Waals surface area contributed by atoms with Crippen LogP contribution < -0.4 is 21.0 Å². The number of ether oxygens (including phenoxy) is 4. The summed E-state index contributed by atoms with van der Waals surface area (Å²) in [6, 6.07) is 10.5. The molecule has 6 atom stereocenters. The van der Waals surface area contributed by atoms with Crippen LogP contribution in [0.2, 0.25) is 0 Å². The summed E-state index contributed by atoms with van der Waals surface area (Å²) in [7, 11) is -4.26. The minimum Gasteiger partial charge on any atom is -0.462 e. The highest BCUT2D eigenvalue weighted by Crippen LogP contribution is 2.49. The highest BCUT2D eigenvalue weighted by molar-refractivity contribution is 7.52. The molecule has 216 valence electrons. The molecule has 4 rings (SSSR count). The molecule has 0 spiro atoms. The van der Waals surface area contributed by atoms with Crippen LogP contribution in [0.4, 0.5) is 5.82 Å². The molecule has 3 heterocycles. The monoisotopic (exact) mass is 577 g/mol. The number of esters is 1. The predicted octanol–water partition coefficient (Wildman–Crippen LogP) is 2.05. The molecule has 40 heavy (non-hydrogen) atoms. The van der Waals surface area contributed by atoms with Crippen molar-refractivity contribution in [1.82, 2.24) is 14.6 Å². The zero-order valence-corrected chi connectivity index (χ0v) is 23.6. The van der Waals surface area contributed by atoms with Gasteiger partial charge in [0, 0.05) is 6.20 Å². The van der Waals surface area contributed by atoms with Gasteiger partial charge in [-0.25, -0.2) is 9.36 Å². The number of nitrogen functional groups attached to an aromatic ring is 1. The topological polar surface area (TPSA) is 186 Å². The number of nitriles is 1. The SMILES string of the molecule is CC(C)OC(=O)[C@H](C)NP(=O)(OC[C@H]1O[C@@](C#N)(n2ccc(N)nc2=O)[C@@H]2OC(C)(C)O[C@@H]21)Oc1ccccc1. The number of fused-ring (bicyclic) bond motifs is 1. The van der Waals surface area contributed by atoms with Crippen LogP contribution in [-0.2, 0) is 38.6 Å². The van der Waals surface area contributed by atoms with Crippen molar-refractivity contribution in [3.8, 4) is 11.8 Å². The van der Waals surface area contributed by atoms with Gasteiger partial charge in [0.05, 0.1) is 12.7 Å². The number of benzene rings is 1.